The Kier molecular flexibility index (Phi) is 6.09. The molecule has 0 bridgehead atoms. The van der Waals surface area contributed by atoms with Gasteiger partial charge in [-0.25, -0.2) is 0 Å². The van der Waals surface area contributed by atoms with Crippen LogP contribution in [0.5, 0.6) is 5.75 Å². The minimum absolute atomic E-state index is 0.790. The lowest BCUT2D eigenvalue weighted by Crippen LogP contribution is -2.37. The average Bonchev–Trinajstić information content (AvgIpc) is 3.04. The third-order valence-corrected chi connectivity index (χ3v) is 3.88. The van der Waals surface area contributed by atoms with Crippen LogP contribution in [0, 0.1) is 0 Å². The summed E-state index contributed by atoms with van der Waals surface area (Å²) in [5, 5.41) is 10.8. The number of nitrogens with one attached hydrogen (secondary N) is 2. The molecule has 4 nitrogen and oxygen atoms in total. The third kappa shape index (κ3) is 4.79. The van der Waals surface area contributed by atoms with Gasteiger partial charge in [0.1, 0.15) is 5.75 Å². The summed E-state index contributed by atoms with van der Waals surface area (Å²) in [4.78, 5) is 4.23. The highest BCUT2D eigenvalue weighted by Crippen LogP contribution is 2.17. The van der Waals surface area contributed by atoms with Crippen LogP contribution in [-0.2, 0) is 13.0 Å². The van der Waals surface area contributed by atoms with E-state index in [4.69, 9.17) is 4.74 Å². The van der Waals surface area contributed by atoms with E-state index in [1.54, 1.807) is 25.5 Å². The minimum atomic E-state index is 0.790. The molecule has 2 N–H and O–H groups in total. The highest BCUT2D eigenvalue weighted by molar-refractivity contribution is 7.07. The number of aliphatic imine (C=N–C) groups is 1. The molecule has 0 fully saturated rings. The van der Waals surface area contributed by atoms with Crippen molar-refractivity contribution in [3.63, 3.8) is 0 Å². The van der Waals surface area contributed by atoms with Gasteiger partial charge in [0, 0.05) is 20.1 Å². The van der Waals surface area contributed by atoms with Gasteiger partial charge in [0.2, 0.25) is 0 Å². The van der Waals surface area contributed by atoms with Gasteiger partial charge in [-0.05, 0) is 40.4 Å². The van der Waals surface area contributed by atoms with Gasteiger partial charge in [0.15, 0.2) is 5.96 Å². The molecule has 0 atom stereocenters. The maximum Gasteiger partial charge on any atom is 0.191 e. The van der Waals surface area contributed by atoms with Gasteiger partial charge in [-0.1, -0.05) is 18.2 Å². The predicted molar refractivity (Wildman–Crippen MR) is 89.2 cm³/mol. The fraction of sp³-hybridized carbons (Fsp3) is 0.312. The van der Waals surface area contributed by atoms with Crippen LogP contribution >= 0.6 is 11.3 Å². The van der Waals surface area contributed by atoms with Crippen LogP contribution < -0.4 is 15.4 Å². The van der Waals surface area contributed by atoms with Crippen molar-refractivity contribution >= 4 is 17.3 Å². The monoisotopic (exact) mass is 303 g/mol. The average molecular weight is 303 g/mol. The number of guanidine groups is 1. The predicted octanol–water partition coefficient (Wildman–Crippen LogP) is 2.66. The van der Waals surface area contributed by atoms with Crippen LogP contribution in [0.25, 0.3) is 0 Å². The number of rotatable bonds is 6. The lowest BCUT2D eigenvalue weighted by atomic mass is 10.1. The molecule has 0 aliphatic rings. The molecule has 0 saturated heterocycles. The summed E-state index contributed by atoms with van der Waals surface area (Å²) in [7, 11) is 3.49. The van der Waals surface area contributed by atoms with Gasteiger partial charge in [0.05, 0.1) is 7.11 Å². The molecule has 0 aliphatic carbocycles. The van der Waals surface area contributed by atoms with Crippen molar-refractivity contribution in [3.8, 4) is 5.75 Å². The number of para-hydroxylation sites is 1. The second kappa shape index (κ2) is 8.32. The summed E-state index contributed by atoms with van der Waals surface area (Å²) in [5.41, 5.74) is 2.47. The van der Waals surface area contributed by atoms with E-state index in [1.807, 2.05) is 18.2 Å². The number of benzene rings is 1. The summed E-state index contributed by atoms with van der Waals surface area (Å²) in [6.07, 6.45) is 0.892. The van der Waals surface area contributed by atoms with Crippen molar-refractivity contribution in [2.45, 2.75) is 13.0 Å². The lowest BCUT2D eigenvalue weighted by Gasteiger charge is -2.12. The number of hydrogen-bond donors (Lipinski definition) is 2. The zero-order valence-corrected chi connectivity index (χ0v) is 13.2. The Bertz CT molecular complexity index is 567. The lowest BCUT2D eigenvalue weighted by molar-refractivity contribution is 0.409. The van der Waals surface area contributed by atoms with Crippen LogP contribution in [0.4, 0.5) is 0 Å². The Morgan fingerprint density at radius 3 is 2.81 bits per heavy atom. The highest BCUT2D eigenvalue weighted by Gasteiger charge is 2.02. The van der Waals surface area contributed by atoms with Crippen molar-refractivity contribution in [2.24, 2.45) is 4.99 Å². The molecule has 1 aromatic heterocycles. The van der Waals surface area contributed by atoms with Gasteiger partial charge in [-0.15, -0.1) is 0 Å². The van der Waals surface area contributed by atoms with Crippen molar-refractivity contribution < 1.29 is 4.74 Å². The number of thiophene rings is 1. The zero-order chi connectivity index (χ0) is 14.9. The molecule has 0 aliphatic heterocycles. The van der Waals surface area contributed by atoms with Gasteiger partial charge in [-0.2, -0.15) is 11.3 Å². The maximum absolute atomic E-state index is 5.35. The van der Waals surface area contributed by atoms with E-state index in [-0.39, 0.29) is 0 Å². The largest absolute Gasteiger partial charge is 0.496 e. The highest BCUT2D eigenvalue weighted by atomic mass is 32.1. The standard InChI is InChI=1S/C16H21N3OS/c1-17-16(19-11-13-8-10-21-12-13)18-9-7-14-5-3-4-6-15(14)20-2/h3-6,8,10,12H,7,9,11H2,1-2H3,(H2,17,18,19). The molecule has 2 aromatic rings. The Labute approximate surface area is 129 Å². The molecule has 1 aromatic carbocycles. The number of ether oxygens (including phenoxy) is 1. The topological polar surface area (TPSA) is 45.7 Å². The van der Waals surface area contributed by atoms with E-state index in [9.17, 15) is 0 Å². The number of hydrogen-bond acceptors (Lipinski definition) is 3. The van der Waals surface area contributed by atoms with Crippen LogP contribution in [0.15, 0.2) is 46.1 Å². The summed E-state index contributed by atoms with van der Waals surface area (Å²) in [5.74, 6) is 1.75. The molecule has 21 heavy (non-hydrogen) atoms. The van der Waals surface area contributed by atoms with Gasteiger partial charge in [-0.3, -0.25) is 4.99 Å². The molecule has 112 valence electrons. The zero-order valence-electron chi connectivity index (χ0n) is 12.4. The first-order valence-electron chi connectivity index (χ1n) is 6.91. The quantitative estimate of drug-likeness (QED) is 0.637. The van der Waals surface area contributed by atoms with E-state index < -0.39 is 0 Å². The molecule has 0 radical (unpaired) electrons. The third-order valence-electron chi connectivity index (χ3n) is 3.14. The summed E-state index contributed by atoms with van der Waals surface area (Å²) >= 11 is 1.70. The normalized spacial score (nSPS) is 11.2. The number of methoxy groups -OCH3 is 1. The minimum Gasteiger partial charge on any atom is -0.496 e. The summed E-state index contributed by atoms with van der Waals surface area (Å²) in [6, 6.07) is 10.2. The van der Waals surface area contributed by atoms with Gasteiger partial charge in [0.25, 0.3) is 0 Å². The van der Waals surface area contributed by atoms with Crippen molar-refractivity contribution in [3.05, 3.63) is 52.2 Å². The van der Waals surface area contributed by atoms with Crippen LogP contribution in [0.1, 0.15) is 11.1 Å². The van der Waals surface area contributed by atoms with E-state index >= 15 is 0 Å². The molecule has 0 amide bonds. The fourth-order valence-corrected chi connectivity index (χ4v) is 2.69. The molecular formula is C16H21N3OS. The molecule has 0 saturated carbocycles. The smallest absolute Gasteiger partial charge is 0.191 e. The molecule has 0 unspecified atom stereocenters. The van der Waals surface area contributed by atoms with Crippen molar-refractivity contribution in [1.82, 2.24) is 10.6 Å². The molecule has 0 spiro atoms. The van der Waals surface area contributed by atoms with Crippen LogP contribution in [0.3, 0.4) is 0 Å². The fourth-order valence-electron chi connectivity index (χ4n) is 2.02. The first-order valence-corrected chi connectivity index (χ1v) is 7.85. The molecular weight excluding hydrogens is 282 g/mol. The first-order chi connectivity index (χ1) is 10.3. The van der Waals surface area contributed by atoms with Gasteiger partial charge < -0.3 is 15.4 Å². The molecule has 1 heterocycles. The van der Waals surface area contributed by atoms with E-state index in [2.05, 4.69) is 38.5 Å². The Hall–Kier alpha value is -2.01. The maximum atomic E-state index is 5.35. The van der Waals surface area contributed by atoms with Crippen molar-refractivity contribution in [1.29, 1.82) is 0 Å². The number of nitrogens with zero attached hydrogens (tertiary/aromatic N) is 1. The van der Waals surface area contributed by atoms with Gasteiger partial charge >= 0.3 is 0 Å². The van der Waals surface area contributed by atoms with Crippen LogP contribution in [0.2, 0.25) is 0 Å². The molecule has 2 rings (SSSR count). The Balaban J connectivity index is 1.78. The SMILES string of the molecule is CN=C(NCCc1ccccc1OC)NCc1ccsc1. The van der Waals surface area contributed by atoms with E-state index in [1.165, 1.54) is 11.1 Å². The Morgan fingerprint density at radius 1 is 1.24 bits per heavy atom. The second-order valence-electron chi connectivity index (χ2n) is 4.55. The van der Waals surface area contributed by atoms with Crippen LogP contribution in [-0.4, -0.2) is 26.7 Å². The molecule has 5 heteroatoms. The summed E-state index contributed by atoms with van der Waals surface area (Å²) in [6.45, 7) is 1.60. The Morgan fingerprint density at radius 2 is 2.10 bits per heavy atom. The second-order valence-corrected chi connectivity index (χ2v) is 5.33. The van der Waals surface area contributed by atoms with E-state index in [0.29, 0.717) is 0 Å². The first kappa shape index (κ1) is 15.4. The van der Waals surface area contributed by atoms with Crippen molar-refractivity contribution in [2.75, 3.05) is 20.7 Å². The summed E-state index contributed by atoms with van der Waals surface area (Å²) < 4.78 is 5.35. The van der Waals surface area contributed by atoms with E-state index in [0.717, 1.165) is 31.2 Å².